The second kappa shape index (κ2) is 3.06. The quantitative estimate of drug-likeness (QED) is 0.633. The van der Waals surface area contributed by atoms with Crippen LogP contribution in [0.5, 0.6) is 0 Å². The molecule has 1 aromatic heterocycles. The Bertz CT molecular complexity index is 250. The Kier molecular flexibility index (Phi) is 1.91. The smallest absolute Gasteiger partial charge is 0.146 e. The monoisotopic (exact) mass is 164 g/mol. The molecule has 0 aromatic carbocycles. The third-order valence-electron chi connectivity index (χ3n) is 2.12. The van der Waals surface area contributed by atoms with Crippen LogP contribution in [0.1, 0.15) is 24.6 Å². The van der Waals surface area contributed by atoms with E-state index in [4.69, 9.17) is 5.73 Å². The highest BCUT2D eigenvalue weighted by molar-refractivity contribution is 5.26. The molecular formula is C8H12N4. The minimum atomic E-state index is 0.387. The van der Waals surface area contributed by atoms with Gasteiger partial charge in [0.2, 0.25) is 0 Å². The molecule has 12 heavy (non-hydrogen) atoms. The fraction of sp³-hybridized carbons (Fsp3) is 0.500. The van der Waals surface area contributed by atoms with Crippen LogP contribution >= 0.6 is 0 Å². The van der Waals surface area contributed by atoms with Crippen LogP contribution in [0.3, 0.4) is 0 Å². The van der Waals surface area contributed by atoms with Crippen molar-refractivity contribution in [2.75, 3.05) is 12.3 Å². The van der Waals surface area contributed by atoms with Gasteiger partial charge in [0.1, 0.15) is 5.82 Å². The Morgan fingerprint density at radius 1 is 1.42 bits per heavy atom. The second-order valence-corrected chi connectivity index (χ2v) is 3.03. The van der Waals surface area contributed by atoms with E-state index >= 15 is 0 Å². The van der Waals surface area contributed by atoms with Gasteiger partial charge in [0.15, 0.2) is 0 Å². The Morgan fingerprint density at radius 3 is 2.92 bits per heavy atom. The number of nitrogen functional groups attached to an aromatic ring is 1. The van der Waals surface area contributed by atoms with E-state index in [9.17, 15) is 0 Å². The van der Waals surface area contributed by atoms with Crippen molar-refractivity contribution in [2.45, 2.75) is 18.9 Å². The number of nitrogens with one attached hydrogen (secondary N) is 1. The summed E-state index contributed by atoms with van der Waals surface area (Å²) in [5, 5.41) is 11.2. The molecule has 1 atom stereocenters. The van der Waals surface area contributed by atoms with E-state index in [1.807, 2.05) is 6.07 Å². The van der Waals surface area contributed by atoms with Gasteiger partial charge in [0.25, 0.3) is 0 Å². The van der Waals surface area contributed by atoms with Gasteiger partial charge in [-0.05, 0) is 31.5 Å². The van der Waals surface area contributed by atoms with Gasteiger partial charge in [-0.2, -0.15) is 5.10 Å². The number of rotatable bonds is 1. The number of hydrogen-bond donors (Lipinski definition) is 2. The average Bonchev–Trinajstić information content (AvgIpc) is 2.58. The maximum Gasteiger partial charge on any atom is 0.146 e. The molecule has 1 aliphatic rings. The van der Waals surface area contributed by atoms with Gasteiger partial charge in [0.05, 0.1) is 11.7 Å². The van der Waals surface area contributed by atoms with E-state index in [0.29, 0.717) is 11.9 Å². The van der Waals surface area contributed by atoms with Gasteiger partial charge in [-0.25, -0.2) is 0 Å². The Balaban J connectivity index is 2.17. The molecular weight excluding hydrogens is 152 g/mol. The van der Waals surface area contributed by atoms with E-state index in [2.05, 4.69) is 15.5 Å². The number of nitrogens with two attached hydrogens (primary N) is 1. The largest absolute Gasteiger partial charge is 0.382 e. The molecule has 1 aromatic rings. The highest BCUT2D eigenvalue weighted by atomic mass is 15.2. The minimum absolute atomic E-state index is 0.387. The third kappa shape index (κ3) is 1.38. The van der Waals surface area contributed by atoms with E-state index in [1.54, 1.807) is 6.07 Å². The summed E-state index contributed by atoms with van der Waals surface area (Å²) in [4.78, 5) is 0. The van der Waals surface area contributed by atoms with Crippen molar-refractivity contribution in [2.24, 2.45) is 0 Å². The van der Waals surface area contributed by atoms with Gasteiger partial charge in [0, 0.05) is 0 Å². The summed E-state index contributed by atoms with van der Waals surface area (Å²) >= 11 is 0. The van der Waals surface area contributed by atoms with Gasteiger partial charge in [-0.3, -0.25) is 0 Å². The molecule has 0 saturated carbocycles. The molecule has 0 amide bonds. The van der Waals surface area contributed by atoms with Crippen molar-refractivity contribution in [3.05, 3.63) is 17.8 Å². The highest BCUT2D eigenvalue weighted by Gasteiger charge is 2.17. The SMILES string of the molecule is Nc1ccc([C@H]2CCCN2)nn1. The van der Waals surface area contributed by atoms with Gasteiger partial charge in [-0.1, -0.05) is 0 Å². The van der Waals surface area contributed by atoms with Crippen molar-refractivity contribution in [1.82, 2.24) is 15.5 Å². The molecule has 1 fully saturated rings. The summed E-state index contributed by atoms with van der Waals surface area (Å²) in [6.07, 6.45) is 2.37. The highest BCUT2D eigenvalue weighted by Crippen LogP contribution is 2.20. The van der Waals surface area contributed by atoms with Crippen molar-refractivity contribution < 1.29 is 0 Å². The Hall–Kier alpha value is -1.16. The fourth-order valence-corrected chi connectivity index (χ4v) is 1.48. The Morgan fingerprint density at radius 2 is 2.33 bits per heavy atom. The zero-order valence-corrected chi connectivity index (χ0v) is 6.83. The predicted octanol–water partition coefficient (Wildman–Crippen LogP) is 0.483. The van der Waals surface area contributed by atoms with Crippen LogP contribution in [0.15, 0.2) is 12.1 Å². The summed E-state index contributed by atoms with van der Waals surface area (Å²) in [7, 11) is 0. The summed E-state index contributed by atoms with van der Waals surface area (Å²) in [5.74, 6) is 0.483. The zero-order valence-electron chi connectivity index (χ0n) is 6.83. The lowest BCUT2D eigenvalue weighted by atomic mass is 10.1. The molecule has 0 radical (unpaired) electrons. The van der Waals surface area contributed by atoms with Crippen LogP contribution in [0.2, 0.25) is 0 Å². The molecule has 2 heterocycles. The van der Waals surface area contributed by atoms with Crippen LogP contribution in [-0.4, -0.2) is 16.7 Å². The molecule has 0 unspecified atom stereocenters. The van der Waals surface area contributed by atoms with Gasteiger partial charge in [-0.15, -0.1) is 5.10 Å². The molecule has 4 heteroatoms. The lowest BCUT2D eigenvalue weighted by molar-refractivity contribution is 0.617. The lowest BCUT2D eigenvalue weighted by Crippen LogP contribution is -2.14. The van der Waals surface area contributed by atoms with E-state index < -0.39 is 0 Å². The van der Waals surface area contributed by atoms with E-state index in [1.165, 1.54) is 6.42 Å². The first-order valence-electron chi connectivity index (χ1n) is 4.19. The lowest BCUT2D eigenvalue weighted by Gasteiger charge is -2.07. The summed E-state index contributed by atoms with van der Waals surface area (Å²) in [5.41, 5.74) is 6.43. The Labute approximate surface area is 71.2 Å². The van der Waals surface area contributed by atoms with Crippen LogP contribution in [0.25, 0.3) is 0 Å². The fourth-order valence-electron chi connectivity index (χ4n) is 1.48. The van der Waals surface area contributed by atoms with Crippen LogP contribution in [0, 0.1) is 0 Å². The van der Waals surface area contributed by atoms with Crippen LogP contribution < -0.4 is 11.1 Å². The van der Waals surface area contributed by atoms with Gasteiger partial charge >= 0.3 is 0 Å². The number of aromatic nitrogens is 2. The summed E-state index contributed by atoms with van der Waals surface area (Å²) in [6, 6.07) is 4.12. The molecule has 0 bridgehead atoms. The molecule has 3 N–H and O–H groups in total. The topological polar surface area (TPSA) is 63.8 Å². The maximum absolute atomic E-state index is 5.43. The zero-order chi connectivity index (χ0) is 8.39. The normalized spacial score (nSPS) is 22.8. The summed E-state index contributed by atoms with van der Waals surface area (Å²) in [6.45, 7) is 1.08. The van der Waals surface area contributed by atoms with Crippen LogP contribution in [-0.2, 0) is 0 Å². The average molecular weight is 164 g/mol. The standard InChI is InChI=1S/C8H12N4/c9-8-4-3-7(11-12-8)6-2-1-5-10-6/h3-4,6,10H,1-2,5H2,(H2,9,12)/t6-/m1/s1. The first-order valence-corrected chi connectivity index (χ1v) is 4.19. The second-order valence-electron chi connectivity index (χ2n) is 3.03. The molecule has 1 aliphatic heterocycles. The van der Waals surface area contributed by atoms with E-state index in [0.717, 1.165) is 18.7 Å². The molecule has 64 valence electrons. The molecule has 0 aliphatic carbocycles. The maximum atomic E-state index is 5.43. The van der Waals surface area contributed by atoms with Crippen LogP contribution in [0.4, 0.5) is 5.82 Å². The molecule has 0 spiro atoms. The number of nitrogens with zero attached hydrogens (tertiary/aromatic N) is 2. The van der Waals surface area contributed by atoms with Crippen molar-refractivity contribution >= 4 is 5.82 Å². The molecule has 2 rings (SSSR count). The van der Waals surface area contributed by atoms with Crippen molar-refractivity contribution in [3.8, 4) is 0 Å². The third-order valence-corrected chi connectivity index (χ3v) is 2.12. The van der Waals surface area contributed by atoms with E-state index in [-0.39, 0.29) is 0 Å². The number of anilines is 1. The first kappa shape index (κ1) is 7.49. The molecule has 1 saturated heterocycles. The predicted molar refractivity (Wildman–Crippen MR) is 46.4 cm³/mol. The van der Waals surface area contributed by atoms with Gasteiger partial charge < -0.3 is 11.1 Å². The molecule has 4 nitrogen and oxygen atoms in total. The van der Waals surface area contributed by atoms with Crippen molar-refractivity contribution in [3.63, 3.8) is 0 Å². The minimum Gasteiger partial charge on any atom is -0.382 e. The number of hydrogen-bond acceptors (Lipinski definition) is 4. The van der Waals surface area contributed by atoms with Crippen molar-refractivity contribution in [1.29, 1.82) is 0 Å². The first-order chi connectivity index (χ1) is 5.86. The summed E-state index contributed by atoms with van der Waals surface area (Å²) < 4.78 is 0.